The minimum absolute atomic E-state index is 0.0576. The van der Waals surface area contributed by atoms with Crippen molar-refractivity contribution in [3.63, 3.8) is 0 Å². The van der Waals surface area contributed by atoms with Crippen LogP contribution in [-0.2, 0) is 20.2 Å². The smallest absolute Gasteiger partial charge is 0.295 e. The molecule has 2 aromatic rings. The van der Waals surface area contributed by atoms with E-state index in [0.29, 0.717) is 0 Å². The molecule has 2 aromatic carbocycles. The molecule has 0 unspecified atom stereocenters. The average Bonchev–Trinajstić information content (AvgIpc) is 2.52. The summed E-state index contributed by atoms with van der Waals surface area (Å²) in [6.45, 7) is 0. The van der Waals surface area contributed by atoms with Gasteiger partial charge < -0.3 is 11.1 Å². The summed E-state index contributed by atoms with van der Waals surface area (Å²) in [6, 6.07) is 7.70. The van der Waals surface area contributed by atoms with E-state index in [4.69, 9.17) is 17.3 Å². The zero-order valence-electron chi connectivity index (χ0n) is 13.3. The van der Waals surface area contributed by atoms with Crippen molar-refractivity contribution in [2.45, 2.75) is 9.79 Å². The zero-order chi connectivity index (χ0) is 20.4. The first-order chi connectivity index (χ1) is 12.4. The molecular formula is C15H13ClN2O6S3. The number of nitrogens with two attached hydrogens (primary N) is 1. The van der Waals surface area contributed by atoms with Crippen molar-refractivity contribution in [2.75, 3.05) is 5.32 Å². The molecule has 8 nitrogen and oxygen atoms in total. The van der Waals surface area contributed by atoms with Gasteiger partial charge in [-0.1, -0.05) is 35.9 Å². The number of rotatable bonds is 5. The van der Waals surface area contributed by atoms with Crippen molar-refractivity contribution >= 4 is 67.0 Å². The lowest BCUT2D eigenvalue weighted by Gasteiger charge is -2.09. The van der Waals surface area contributed by atoms with Gasteiger partial charge in [0.15, 0.2) is 5.11 Å². The third-order valence-electron chi connectivity index (χ3n) is 3.25. The van der Waals surface area contributed by atoms with E-state index in [1.54, 1.807) is 0 Å². The fourth-order valence-electron chi connectivity index (χ4n) is 2.16. The molecule has 12 heteroatoms. The van der Waals surface area contributed by atoms with Gasteiger partial charge in [0.25, 0.3) is 20.2 Å². The molecule has 0 fully saturated rings. The van der Waals surface area contributed by atoms with Crippen LogP contribution in [0.25, 0.3) is 12.2 Å². The second-order valence-electron chi connectivity index (χ2n) is 5.21. The number of benzene rings is 2. The molecule has 2 rings (SSSR count). The number of thiocarbonyl (C=S) groups is 1. The second kappa shape index (κ2) is 7.92. The highest BCUT2D eigenvalue weighted by molar-refractivity contribution is 7.86. The number of nitrogens with one attached hydrogen (secondary N) is 1. The lowest BCUT2D eigenvalue weighted by molar-refractivity contribution is 0.480. The molecule has 5 N–H and O–H groups in total. The van der Waals surface area contributed by atoms with Gasteiger partial charge in [-0.3, -0.25) is 9.11 Å². The Morgan fingerprint density at radius 2 is 1.44 bits per heavy atom. The molecule has 144 valence electrons. The Kier molecular flexibility index (Phi) is 6.24. The molecular weight excluding hydrogens is 436 g/mol. The minimum atomic E-state index is -4.61. The van der Waals surface area contributed by atoms with Gasteiger partial charge in [0.1, 0.15) is 9.79 Å². The lowest BCUT2D eigenvalue weighted by Crippen LogP contribution is -2.19. The van der Waals surface area contributed by atoms with Gasteiger partial charge in [-0.2, -0.15) is 16.8 Å². The minimum Gasteiger partial charge on any atom is -0.376 e. The summed E-state index contributed by atoms with van der Waals surface area (Å²) in [4.78, 5) is -0.909. The van der Waals surface area contributed by atoms with Crippen molar-refractivity contribution in [3.05, 3.63) is 52.5 Å². The molecule has 0 aliphatic carbocycles. The van der Waals surface area contributed by atoms with Crippen LogP contribution >= 0.6 is 23.8 Å². The van der Waals surface area contributed by atoms with Crippen LogP contribution in [0.1, 0.15) is 11.1 Å². The average molecular weight is 449 g/mol. The Labute approximate surface area is 166 Å². The highest BCUT2D eigenvalue weighted by Crippen LogP contribution is 2.26. The molecule has 0 atom stereocenters. The summed E-state index contributed by atoms with van der Waals surface area (Å²) in [5.74, 6) is 0. The molecule has 0 aliphatic heterocycles. The monoisotopic (exact) mass is 448 g/mol. The summed E-state index contributed by atoms with van der Waals surface area (Å²) < 4.78 is 65.0. The molecule has 27 heavy (non-hydrogen) atoms. The van der Waals surface area contributed by atoms with Gasteiger partial charge in [-0.05, 0) is 47.6 Å². The molecule has 0 radical (unpaired) electrons. The molecule has 0 saturated heterocycles. The van der Waals surface area contributed by atoms with Crippen molar-refractivity contribution in [1.82, 2.24) is 0 Å². The molecule has 0 bridgehead atoms. The van der Waals surface area contributed by atoms with Gasteiger partial charge in [0.05, 0.1) is 0 Å². The first-order valence-corrected chi connectivity index (χ1v) is 10.7. The van der Waals surface area contributed by atoms with Crippen LogP contribution in [0.4, 0.5) is 5.69 Å². The second-order valence-corrected chi connectivity index (χ2v) is 8.86. The van der Waals surface area contributed by atoms with E-state index in [1.165, 1.54) is 36.4 Å². The van der Waals surface area contributed by atoms with Crippen molar-refractivity contribution < 1.29 is 25.9 Å². The highest BCUT2D eigenvalue weighted by atomic mass is 35.5. The predicted molar refractivity (Wildman–Crippen MR) is 107 cm³/mol. The van der Waals surface area contributed by atoms with E-state index >= 15 is 0 Å². The van der Waals surface area contributed by atoms with Crippen molar-refractivity contribution in [3.8, 4) is 0 Å². The van der Waals surface area contributed by atoms with Crippen LogP contribution in [0.5, 0.6) is 0 Å². The van der Waals surface area contributed by atoms with E-state index in [-0.39, 0.29) is 26.9 Å². The molecule has 0 saturated carbocycles. The number of anilines is 1. The maximum atomic E-state index is 11.7. The van der Waals surface area contributed by atoms with E-state index in [2.05, 4.69) is 17.5 Å². The summed E-state index contributed by atoms with van der Waals surface area (Å²) in [5.41, 5.74) is 5.68. The van der Waals surface area contributed by atoms with Gasteiger partial charge in [0.2, 0.25) is 0 Å². The fourth-order valence-corrected chi connectivity index (χ4v) is 3.94. The number of hydrogen-bond donors (Lipinski definition) is 4. The van der Waals surface area contributed by atoms with Gasteiger partial charge >= 0.3 is 0 Å². The van der Waals surface area contributed by atoms with Gasteiger partial charge in [-0.25, -0.2) is 0 Å². The third-order valence-corrected chi connectivity index (χ3v) is 5.41. The number of halogens is 1. The SMILES string of the molecule is NC(=S)Nc1ccc(C=Cc2ccc(Cl)cc2S(=O)(=O)O)c(S(=O)(=O)O)c1. The van der Waals surface area contributed by atoms with Crippen LogP contribution in [-0.4, -0.2) is 31.1 Å². The van der Waals surface area contributed by atoms with Gasteiger partial charge in [-0.15, -0.1) is 0 Å². The van der Waals surface area contributed by atoms with Crippen LogP contribution in [0.3, 0.4) is 0 Å². The quantitative estimate of drug-likeness (QED) is 0.308. The van der Waals surface area contributed by atoms with E-state index < -0.39 is 30.0 Å². The molecule has 0 amide bonds. The Balaban J connectivity index is 2.57. The normalized spacial score (nSPS) is 12.3. The first kappa shape index (κ1) is 21.3. The Hall–Kier alpha value is -2.02. The predicted octanol–water partition coefficient (Wildman–Crippen LogP) is 2.66. The first-order valence-electron chi connectivity index (χ1n) is 7.01. The van der Waals surface area contributed by atoms with Crippen LogP contribution in [0.15, 0.2) is 46.2 Å². The fraction of sp³-hybridized carbons (Fsp3) is 0. The number of hydrogen-bond acceptors (Lipinski definition) is 5. The molecule has 0 heterocycles. The third kappa shape index (κ3) is 5.73. The van der Waals surface area contributed by atoms with E-state index in [1.807, 2.05) is 0 Å². The zero-order valence-corrected chi connectivity index (χ0v) is 16.5. The summed E-state index contributed by atoms with van der Waals surface area (Å²) >= 11 is 10.4. The maximum Gasteiger partial charge on any atom is 0.295 e. The Morgan fingerprint density at radius 1 is 0.963 bits per heavy atom. The Bertz CT molecular complexity index is 1140. The molecule has 0 aliphatic rings. The highest BCUT2D eigenvalue weighted by Gasteiger charge is 2.17. The molecule has 0 aromatic heterocycles. The topological polar surface area (TPSA) is 147 Å². The molecule has 0 spiro atoms. The summed E-state index contributed by atoms with van der Waals surface area (Å²) in [6.07, 6.45) is 2.51. The van der Waals surface area contributed by atoms with Crippen LogP contribution in [0, 0.1) is 0 Å². The van der Waals surface area contributed by atoms with Crippen LogP contribution in [0.2, 0.25) is 5.02 Å². The standard InChI is InChI=1S/C15H13ClN2O6S3/c16-11-5-3-9(13(7-11)26(19,20)21)1-2-10-4-6-12(18-15(17)25)8-14(10)27(22,23)24/h1-8H,(H3,17,18,25)(H,19,20,21)(H,22,23,24). The van der Waals surface area contributed by atoms with E-state index in [0.717, 1.165) is 12.1 Å². The van der Waals surface area contributed by atoms with Crippen LogP contribution < -0.4 is 11.1 Å². The maximum absolute atomic E-state index is 11.7. The largest absolute Gasteiger partial charge is 0.376 e. The van der Waals surface area contributed by atoms with Crippen molar-refractivity contribution in [2.24, 2.45) is 5.73 Å². The summed E-state index contributed by atoms with van der Waals surface area (Å²) in [5, 5.41) is 2.53. The van der Waals surface area contributed by atoms with Gasteiger partial charge in [0, 0.05) is 10.7 Å². The van der Waals surface area contributed by atoms with E-state index in [9.17, 15) is 25.9 Å². The Morgan fingerprint density at radius 3 is 1.93 bits per heavy atom. The summed E-state index contributed by atoms with van der Waals surface area (Å²) in [7, 11) is -9.17. The van der Waals surface area contributed by atoms with Crippen molar-refractivity contribution in [1.29, 1.82) is 0 Å². The lowest BCUT2D eigenvalue weighted by atomic mass is 10.1.